The van der Waals surface area contributed by atoms with Gasteiger partial charge < -0.3 is 19.4 Å². The molecule has 6 heteroatoms. The number of nitrogens with zero attached hydrogens (tertiary/aromatic N) is 3. The first-order valence-corrected chi connectivity index (χ1v) is 9.28. The Morgan fingerprint density at radius 1 is 1.24 bits per heavy atom. The Morgan fingerprint density at radius 3 is 2.72 bits per heavy atom. The second-order valence-electron chi connectivity index (χ2n) is 7.34. The first-order chi connectivity index (χ1) is 12.1. The van der Waals surface area contributed by atoms with Crippen LogP contribution >= 0.6 is 0 Å². The Morgan fingerprint density at radius 2 is 2.00 bits per heavy atom. The van der Waals surface area contributed by atoms with Gasteiger partial charge in [0.15, 0.2) is 0 Å². The molecule has 4 rings (SSSR count). The van der Waals surface area contributed by atoms with Crippen LogP contribution in [0.3, 0.4) is 0 Å². The van der Waals surface area contributed by atoms with Crippen LogP contribution < -0.4 is 10.2 Å². The predicted octanol–water partition coefficient (Wildman–Crippen LogP) is 2.57. The van der Waals surface area contributed by atoms with E-state index in [4.69, 9.17) is 9.15 Å². The summed E-state index contributed by atoms with van der Waals surface area (Å²) in [5.41, 5.74) is 2.36. The van der Waals surface area contributed by atoms with Gasteiger partial charge in [0.1, 0.15) is 17.3 Å². The van der Waals surface area contributed by atoms with E-state index in [-0.39, 0.29) is 0 Å². The molecule has 2 atom stereocenters. The van der Waals surface area contributed by atoms with Gasteiger partial charge in [0.25, 0.3) is 0 Å². The van der Waals surface area contributed by atoms with Crippen molar-refractivity contribution in [3.63, 3.8) is 0 Å². The summed E-state index contributed by atoms with van der Waals surface area (Å²) in [5.74, 6) is 4.79. The molecule has 2 aromatic heterocycles. The van der Waals surface area contributed by atoms with Gasteiger partial charge in [-0.3, -0.25) is 4.68 Å². The average molecular weight is 344 g/mol. The zero-order valence-corrected chi connectivity index (χ0v) is 15.4. The molecule has 3 heterocycles. The highest BCUT2D eigenvalue weighted by Gasteiger charge is 2.36. The van der Waals surface area contributed by atoms with Gasteiger partial charge in [-0.05, 0) is 31.4 Å². The molecular formula is C19H28N4O2. The van der Waals surface area contributed by atoms with Crippen LogP contribution in [0.5, 0.6) is 0 Å². The SMILES string of the molecule is Cc1nn(C)c(N2CCOCC2)c1CNCc1ccc([C@H]2C[C@@H]2C)o1. The van der Waals surface area contributed by atoms with Gasteiger partial charge in [-0.15, -0.1) is 0 Å². The van der Waals surface area contributed by atoms with E-state index in [1.54, 1.807) is 0 Å². The fourth-order valence-electron chi connectivity index (χ4n) is 3.79. The zero-order chi connectivity index (χ0) is 17.4. The molecule has 0 aromatic carbocycles. The van der Waals surface area contributed by atoms with Crippen LogP contribution in [0.2, 0.25) is 0 Å². The number of hydrogen-bond donors (Lipinski definition) is 1. The molecule has 0 unspecified atom stereocenters. The van der Waals surface area contributed by atoms with Crippen LogP contribution in [-0.2, 0) is 24.9 Å². The summed E-state index contributed by atoms with van der Waals surface area (Å²) < 4.78 is 13.5. The number of nitrogens with one attached hydrogen (secondary N) is 1. The average Bonchev–Trinajstić information content (AvgIpc) is 3.03. The molecule has 0 radical (unpaired) electrons. The maximum Gasteiger partial charge on any atom is 0.131 e. The maximum absolute atomic E-state index is 5.99. The molecule has 25 heavy (non-hydrogen) atoms. The number of morpholine rings is 1. The number of hydrogen-bond acceptors (Lipinski definition) is 5. The topological polar surface area (TPSA) is 55.5 Å². The van der Waals surface area contributed by atoms with Gasteiger partial charge in [-0.1, -0.05) is 6.92 Å². The number of anilines is 1. The van der Waals surface area contributed by atoms with Crippen molar-refractivity contribution in [3.8, 4) is 0 Å². The first kappa shape index (κ1) is 16.7. The molecule has 2 aliphatic rings. The smallest absolute Gasteiger partial charge is 0.131 e. The third-order valence-electron chi connectivity index (χ3n) is 5.38. The Balaban J connectivity index is 1.39. The minimum atomic E-state index is 0.641. The Bertz CT molecular complexity index is 730. The Labute approximate surface area is 149 Å². The van der Waals surface area contributed by atoms with Crippen LogP contribution in [0.15, 0.2) is 16.5 Å². The van der Waals surface area contributed by atoms with Crippen molar-refractivity contribution >= 4 is 5.82 Å². The van der Waals surface area contributed by atoms with Crippen molar-refractivity contribution < 1.29 is 9.15 Å². The molecular weight excluding hydrogens is 316 g/mol. The molecule has 1 aliphatic heterocycles. The summed E-state index contributed by atoms with van der Waals surface area (Å²) in [6.45, 7) is 9.32. The molecule has 6 nitrogen and oxygen atoms in total. The fourth-order valence-corrected chi connectivity index (χ4v) is 3.79. The molecule has 1 aliphatic carbocycles. The molecule has 136 valence electrons. The van der Waals surface area contributed by atoms with Crippen molar-refractivity contribution in [2.75, 3.05) is 31.2 Å². The third-order valence-corrected chi connectivity index (χ3v) is 5.38. The monoisotopic (exact) mass is 344 g/mol. The summed E-state index contributed by atoms with van der Waals surface area (Å²) >= 11 is 0. The molecule has 1 saturated heterocycles. The van der Waals surface area contributed by atoms with Crippen LogP contribution in [-0.4, -0.2) is 36.1 Å². The minimum absolute atomic E-state index is 0.641. The van der Waals surface area contributed by atoms with Gasteiger partial charge in [0.2, 0.25) is 0 Å². The lowest BCUT2D eigenvalue weighted by Crippen LogP contribution is -2.38. The molecule has 1 N–H and O–H groups in total. The third kappa shape index (κ3) is 3.46. The lowest BCUT2D eigenvalue weighted by Gasteiger charge is -2.29. The minimum Gasteiger partial charge on any atom is -0.464 e. The molecule has 2 fully saturated rings. The van der Waals surface area contributed by atoms with Gasteiger partial charge in [0.05, 0.1) is 25.5 Å². The first-order valence-electron chi connectivity index (χ1n) is 9.28. The standard InChI is InChI=1S/C19H28N4O2/c1-13-10-16(13)18-5-4-15(25-18)11-20-12-17-14(2)21-22(3)19(17)23-6-8-24-9-7-23/h4-5,13,16,20H,6-12H2,1-3H3/t13-,16-/m0/s1. The van der Waals surface area contributed by atoms with Crippen LogP contribution in [0.1, 0.15) is 42.0 Å². The van der Waals surface area contributed by atoms with Gasteiger partial charge in [-0.2, -0.15) is 5.10 Å². The largest absolute Gasteiger partial charge is 0.464 e. The number of ether oxygens (including phenoxy) is 1. The van der Waals surface area contributed by atoms with E-state index in [1.165, 1.54) is 17.8 Å². The number of rotatable bonds is 6. The van der Waals surface area contributed by atoms with Crippen LogP contribution in [0.25, 0.3) is 0 Å². The maximum atomic E-state index is 5.99. The summed E-state index contributed by atoms with van der Waals surface area (Å²) in [5, 5.41) is 8.16. The van der Waals surface area contributed by atoms with Crippen LogP contribution in [0.4, 0.5) is 5.82 Å². The summed E-state index contributed by atoms with van der Waals surface area (Å²) in [4.78, 5) is 2.37. The van der Waals surface area contributed by atoms with Crippen LogP contribution in [0, 0.1) is 12.8 Å². The molecule has 0 bridgehead atoms. The van der Waals surface area contributed by atoms with Crippen molar-refractivity contribution in [2.45, 2.75) is 39.3 Å². The highest BCUT2D eigenvalue weighted by atomic mass is 16.5. The summed E-state index contributed by atoms with van der Waals surface area (Å²) in [7, 11) is 2.02. The van der Waals surface area contributed by atoms with E-state index in [0.717, 1.165) is 62.5 Å². The molecule has 0 spiro atoms. The quantitative estimate of drug-likeness (QED) is 0.873. The zero-order valence-electron chi connectivity index (χ0n) is 15.4. The normalized spacial score (nSPS) is 23.2. The van der Waals surface area contributed by atoms with Crippen molar-refractivity contribution in [3.05, 3.63) is 34.9 Å². The van der Waals surface area contributed by atoms with E-state index in [1.807, 2.05) is 11.7 Å². The lowest BCUT2D eigenvalue weighted by molar-refractivity contribution is 0.122. The fraction of sp³-hybridized carbons (Fsp3) is 0.632. The van der Waals surface area contributed by atoms with Gasteiger partial charge in [-0.25, -0.2) is 0 Å². The highest BCUT2D eigenvalue weighted by molar-refractivity contribution is 5.50. The van der Waals surface area contributed by atoms with E-state index in [2.05, 4.69) is 41.3 Å². The van der Waals surface area contributed by atoms with E-state index in [9.17, 15) is 0 Å². The van der Waals surface area contributed by atoms with E-state index in [0.29, 0.717) is 5.92 Å². The van der Waals surface area contributed by atoms with Gasteiger partial charge in [0, 0.05) is 38.2 Å². The van der Waals surface area contributed by atoms with E-state index < -0.39 is 0 Å². The predicted molar refractivity (Wildman–Crippen MR) is 96.8 cm³/mol. The number of furan rings is 1. The van der Waals surface area contributed by atoms with Crippen molar-refractivity contribution in [2.24, 2.45) is 13.0 Å². The number of aromatic nitrogens is 2. The molecule has 0 amide bonds. The van der Waals surface area contributed by atoms with E-state index >= 15 is 0 Å². The van der Waals surface area contributed by atoms with Crippen molar-refractivity contribution in [1.29, 1.82) is 0 Å². The Kier molecular flexibility index (Phi) is 4.56. The highest BCUT2D eigenvalue weighted by Crippen LogP contribution is 2.47. The molecule has 2 aromatic rings. The second-order valence-corrected chi connectivity index (χ2v) is 7.34. The number of aryl methyl sites for hydroxylation is 2. The summed E-state index contributed by atoms with van der Waals surface area (Å²) in [6.07, 6.45) is 1.26. The summed E-state index contributed by atoms with van der Waals surface area (Å²) in [6, 6.07) is 4.24. The van der Waals surface area contributed by atoms with Gasteiger partial charge >= 0.3 is 0 Å². The van der Waals surface area contributed by atoms with Crippen molar-refractivity contribution in [1.82, 2.24) is 15.1 Å². The Hall–Kier alpha value is -1.79. The lowest BCUT2D eigenvalue weighted by atomic mass is 10.2. The molecule has 1 saturated carbocycles. The second kappa shape index (κ2) is 6.84.